The van der Waals surface area contributed by atoms with Gasteiger partial charge in [0.25, 0.3) is 0 Å². The van der Waals surface area contributed by atoms with Gasteiger partial charge >= 0.3 is 11.9 Å². The van der Waals surface area contributed by atoms with Crippen molar-refractivity contribution in [3.63, 3.8) is 0 Å². The fraction of sp³-hybridized carbons (Fsp3) is 0.353. The van der Waals surface area contributed by atoms with Gasteiger partial charge in [0.05, 0.1) is 26.9 Å². The molecular weight excluding hydrogens is 390 g/mol. The molecule has 1 aliphatic heterocycles. The molecule has 10 nitrogen and oxygen atoms in total. The van der Waals surface area contributed by atoms with Crippen LogP contribution in [0.5, 0.6) is 11.5 Å². The summed E-state index contributed by atoms with van der Waals surface area (Å²) in [5.74, 6) is -1.24. The fourth-order valence-corrected chi connectivity index (χ4v) is 3.07. The van der Waals surface area contributed by atoms with E-state index in [-0.39, 0.29) is 11.6 Å². The first-order valence-corrected chi connectivity index (χ1v) is 8.95. The van der Waals surface area contributed by atoms with Gasteiger partial charge in [-0.2, -0.15) is 5.10 Å². The number of aliphatic carboxylic acids is 1. The molecule has 1 aliphatic rings. The molecule has 1 amide bonds. The molecule has 1 saturated heterocycles. The second-order valence-corrected chi connectivity index (χ2v) is 6.73. The lowest BCUT2D eigenvalue weighted by molar-refractivity contribution is -0.148. The maximum atomic E-state index is 11.6. The van der Waals surface area contributed by atoms with Gasteiger partial charge in [-0.05, 0) is 30.7 Å². The molecule has 2 unspecified atom stereocenters. The maximum absolute atomic E-state index is 11.6. The Balaban J connectivity index is 2.05. The zero-order valence-electron chi connectivity index (χ0n) is 15.4. The third-order valence-corrected chi connectivity index (χ3v) is 4.59. The fourth-order valence-electron chi connectivity index (χ4n) is 2.16. The average Bonchev–Trinajstić information content (AvgIpc) is 3.00. The highest BCUT2D eigenvalue weighted by atomic mass is 32.2. The van der Waals surface area contributed by atoms with Crippen LogP contribution in [0.25, 0.3) is 0 Å². The summed E-state index contributed by atoms with van der Waals surface area (Å²) in [5, 5.41) is 18.5. The zero-order chi connectivity index (χ0) is 20.7. The summed E-state index contributed by atoms with van der Waals surface area (Å²) in [5.41, 5.74) is 0.635. The molecule has 28 heavy (non-hydrogen) atoms. The SMILES string of the molecule is COC(=O)C(C)Oc1ccc(C=NN=C2NC(=O)C(CC(=O)O)S2)cc1OC. The topological polar surface area (TPSA) is 136 Å². The van der Waals surface area contributed by atoms with E-state index in [1.165, 1.54) is 20.4 Å². The molecule has 1 fully saturated rings. The minimum atomic E-state index is -1.06. The largest absolute Gasteiger partial charge is 0.493 e. The lowest BCUT2D eigenvalue weighted by Crippen LogP contribution is -2.26. The molecule has 2 atom stereocenters. The first kappa shape index (κ1) is 21.2. The lowest BCUT2D eigenvalue weighted by Gasteiger charge is -2.15. The minimum absolute atomic E-state index is 0.228. The number of carbonyl (C=O) groups excluding carboxylic acids is 2. The third-order valence-electron chi connectivity index (χ3n) is 3.52. The number of carbonyl (C=O) groups is 3. The van der Waals surface area contributed by atoms with Crippen molar-refractivity contribution in [2.45, 2.75) is 24.7 Å². The van der Waals surface area contributed by atoms with Gasteiger partial charge in [0.15, 0.2) is 22.8 Å². The van der Waals surface area contributed by atoms with Crippen molar-refractivity contribution in [2.24, 2.45) is 10.2 Å². The second-order valence-electron chi connectivity index (χ2n) is 5.54. The number of benzene rings is 1. The standard InChI is InChI=1S/C17H19N3O7S/c1-9(16(24)26-3)27-11-5-4-10(6-12(11)25-2)8-18-20-17-19-15(23)13(28-17)7-14(21)22/h4-6,8-9,13H,7H2,1-3H3,(H,21,22)(H,19,20,23). The van der Waals surface area contributed by atoms with Gasteiger partial charge in [-0.3, -0.25) is 9.59 Å². The molecule has 0 saturated carbocycles. The molecule has 0 spiro atoms. The van der Waals surface area contributed by atoms with Gasteiger partial charge in [-0.25, -0.2) is 4.79 Å². The van der Waals surface area contributed by atoms with Crippen LogP contribution in [0.3, 0.4) is 0 Å². The molecule has 0 aromatic heterocycles. The van der Waals surface area contributed by atoms with Crippen molar-refractivity contribution in [1.82, 2.24) is 5.32 Å². The first-order chi connectivity index (χ1) is 13.3. The number of carboxylic acid groups (broad SMARTS) is 1. The summed E-state index contributed by atoms with van der Waals surface area (Å²) >= 11 is 1.01. The van der Waals surface area contributed by atoms with Gasteiger partial charge in [0.1, 0.15) is 5.25 Å². The van der Waals surface area contributed by atoms with E-state index in [1.807, 2.05) is 0 Å². The van der Waals surface area contributed by atoms with Crippen molar-refractivity contribution < 1.29 is 33.7 Å². The van der Waals surface area contributed by atoms with Crippen molar-refractivity contribution in [1.29, 1.82) is 0 Å². The second kappa shape index (κ2) is 9.74. The summed E-state index contributed by atoms with van der Waals surface area (Å²) in [6.45, 7) is 1.56. The van der Waals surface area contributed by atoms with Crippen LogP contribution < -0.4 is 14.8 Å². The van der Waals surface area contributed by atoms with Crippen molar-refractivity contribution in [2.75, 3.05) is 14.2 Å². The first-order valence-electron chi connectivity index (χ1n) is 8.07. The Hall–Kier alpha value is -3.08. The molecule has 1 aromatic carbocycles. The van der Waals surface area contributed by atoms with Gasteiger partial charge in [0, 0.05) is 0 Å². The molecule has 2 rings (SSSR count). The molecule has 0 bridgehead atoms. The van der Waals surface area contributed by atoms with Gasteiger partial charge in [0.2, 0.25) is 5.91 Å². The number of amidine groups is 1. The Morgan fingerprint density at radius 3 is 2.75 bits per heavy atom. The third kappa shape index (κ3) is 5.71. The Morgan fingerprint density at radius 1 is 1.36 bits per heavy atom. The highest BCUT2D eigenvalue weighted by molar-refractivity contribution is 8.15. The van der Waals surface area contributed by atoms with Gasteiger partial charge < -0.3 is 24.6 Å². The summed E-state index contributed by atoms with van der Waals surface area (Å²) in [4.78, 5) is 33.8. The van der Waals surface area contributed by atoms with Crippen molar-refractivity contribution in [3.8, 4) is 11.5 Å². The Labute approximate surface area is 164 Å². The predicted molar refractivity (Wildman–Crippen MR) is 102 cm³/mol. The number of carboxylic acids is 1. The van der Waals surface area contributed by atoms with Crippen LogP contribution in [-0.4, -0.2) is 59.9 Å². The summed E-state index contributed by atoms with van der Waals surface area (Å²) in [6, 6.07) is 4.93. The smallest absolute Gasteiger partial charge is 0.346 e. The Kier molecular flexibility index (Phi) is 7.38. The monoisotopic (exact) mass is 409 g/mol. The Morgan fingerprint density at radius 2 is 2.11 bits per heavy atom. The van der Waals surface area contributed by atoms with Crippen LogP contribution in [-0.2, 0) is 19.1 Å². The number of amides is 1. The molecule has 0 radical (unpaired) electrons. The van der Waals surface area contributed by atoms with E-state index >= 15 is 0 Å². The normalized spacial score (nSPS) is 18.8. The number of ether oxygens (including phenoxy) is 3. The summed E-state index contributed by atoms with van der Waals surface area (Å²) in [7, 11) is 2.73. The van der Waals surface area contributed by atoms with Crippen molar-refractivity contribution >= 4 is 41.0 Å². The van der Waals surface area contributed by atoms with Gasteiger partial charge in [-0.1, -0.05) is 11.8 Å². The highest BCUT2D eigenvalue weighted by Crippen LogP contribution is 2.29. The number of rotatable bonds is 8. The quantitative estimate of drug-likeness (QED) is 0.369. The van der Waals surface area contributed by atoms with E-state index in [4.69, 9.17) is 14.6 Å². The number of hydrogen-bond donors (Lipinski definition) is 2. The molecule has 2 N–H and O–H groups in total. The molecule has 1 heterocycles. The number of hydrogen-bond acceptors (Lipinski definition) is 9. The molecule has 1 aromatic rings. The van der Waals surface area contributed by atoms with Crippen LogP contribution in [0.4, 0.5) is 0 Å². The minimum Gasteiger partial charge on any atom is -0.493 e. The van der Waals surface area contributed by atoms with E-state index in [0.717, 1.165) is 11.8 Å². The Bertz CT molecular complexity index is 825. The predicted octanol–water partition coefficient (Wildman–Crippen LogP) is 1.03. The van der Waals surface area contributed by atoms with Crippen molar-refractivity contribution in [3.05, 3.63) is 23.8 Å². The van der Waals surface area contributed by atoms with E-state index in [2.05, 4.69) is 20.3 Å². The number of methoxy groups -OCH3 is 2. The van der Waals surface area contributed by atoms with Crippen LogP contribution in [0.15, 0.2) is 28.4 Å². The zero-order valence-corrected chi connectivity index (χ0v) is 16.2. The maximum Gasteiger partial charge on any atom is 0.346 e. The molecule has 150 valence electrons. The average molecular weight is 409 g/mol. The number of thioether (sulfide) groups is 1. The highest BCUT2D eigenvalue weighted by Gasteiger charge is 2.32. The van der Waals surface area contributed by atoms with E-state index in [1.54, 1.807) is 25.1 Å². The molecular formula is C17H19N3O7S. The van der Waals surface area contributed by atoms with Crippen LogP contribution >= 0.6 is 11.8 Å². The number of nitrogens with zero attached hydrogens (tertiary/aromatic N) is 2. The molecule has 11 heteroatoms. The van der Waals surface area contributed by atoms with E-state index in [9.17, 15) is 14.4 Å². The van der Waals surface area contributed by atoms with E-state index in [0.29, 0.717) is 17.1 Å². The molecule has 0 aliphatic carbocycles. The van der Waals surface area contributed by atoms with Crippen LogP contribution in [0.1, 0.15) is 18.9 Å². The van der Waals surface area contributed by atoms with Crippen LogP contribution in [0.2, 0.25) is 0 Å². The summed E-state index contributed by atoms with van der Waals surface area (Å²) < 4.78 is 15.4. The number of nitrogens with one attached hydrogen (secondary N) is 1. The van der Waals surface area contributed by atoms with Gasteiger partial charge in [-0.15, -0.1) is 5.10 Å². The van der Waals surface area contributed by atoms with Crippen LogP contribution in [0, 0.1) is 0 Å². The lowest BCUT2D eigenvalue weighted by atomic mass is 10.2. The van der Waals surface area contributed by atoms with E-state index < -0.39 is 29.2 Å². The summed E-state index contributed by atoms with van der Waals surface area (Å²) in [6.07, 6.45) is 0.342. The number of esters is 1.